The van der Waals surface area contributed by atoms with E-state index in [4.69, 9.17) is 0 Å². The fourth-order valence-corrected chi connectivity index (χ4v) is 2.67. The van der Waals surface area contributed by atoms with E-state index < -0.39 is 0 Å². The third-order valence-electron chi connectivity index (χ3n) is 3.30. The maximum atomic E-state index is 11.4. The number of carbonyl (C=O) groups is 1. The lowest BCUT2D eigenvalue weighted by atomic mass is 9.76. The first-order valence-corrected chi connectivity index (χ1v) is 6.36. The molecule has 1 aliphatic carbocycles. The van der Waals surface area contributed by atoms with E-state index in [0.29, 0.717) is 17.0 Å². The molecule has 0 aliphatic heterocycles. The van der Waals surface area contributed by atoms with Crippen LogP contribution in [0.15, 0.2) is 0 Å². The predicted molar refractivity (Wildman–Crippen MR) is 59.1 cm³/mol. The molecule has 1 fully saturated rings. The smallest absolute Gasteiger partial charge is 0.146 e. The Kier molecular flexibility index (Phi) is 4.43. The molecule has 1 rings (SSSR count). The molecule has 0 saturated heterocycles. The van der Waals surface area contributed by atoms with Crippen LogP contribution in [0.1, 0.15) is 39.5 Å². The van der Waals surface area contributed by atoms with Crippen molar-refractivity contribution in [2.24, 2.45) is 17.8 Å². The van der Waals surface area contributed by atoms with E-state index in [1.807, 2.05) is 0 Å². The first kappa shape index (κ1) is 11.2. The van der Waals surface area contributed by atoms with E-state index >= 15 is 0 Å². The molecule has 0 radical (unpaired) electrons. The second kappa shape index (κ2) is 5.14. The molecule has 0 N–H and O–H groups in total. The quantitative estimate of drug-likeness (QED) is 0.698. The molecular weight excluding hydrogens is 228 g/mol. The summed E-state index contributed by atoms with van der Waals surface area (Å²) in [5.74, 6) is 2.41. The zero-order chi connectivity index (χ0) is 9.84. The van der Waals surface area contributed by atoms with Gasteiger partial charge >= 0.3 is 0 Å². The molecule has 0 aromatic rings. The number of hydrogen-bond acceptors (Lipinski definition) is 1. The maximum absolute atomic E-state index is 11.4. The SMILES string of the molecule is CC(C)[C@H]1CC[C@H](C(=O)CBr)CC1. The number of hydrogen-bond donors (Lipinski definition) is 0. The summed E-state index contributed by atoms with van der Waals surface area (Å²) < 4.78 is 0. The van der Waals surface area contributed by atoms with Gasteiger partial charge in [0.05, 0.1) is 5.33 Å². The molecule has 2 heteroatoms. The highest BCUT2D eigenvalue weighted by Gasteiger charge is 2.26. The van der Waals surface area contributed by atoms with Crippen LogP contribution in [0.2, 0.25) is 0 Å². The van der Waals surface area contributed by atoms with Crippen LogP contribution >= 0.6 is 15.9 Å². The summed E-state index contributed by atoms with van der Waals surface area (Å²) in [7, 11) is 0. The molecule has 0 aromatic heterocycles. The van der Waals surface area contributed by atoms with E-state index in [0.717, 1.165) is 24.7 Å². The van der Waals surface area contributed by atoms with E-state index in [2.05, 4.69) is 29.8 Å². The Hall–Kier alpha value is 0.150. The molecule has 0 bridgehead atoms. The van der Waals surface area contributed by atoms with E-state index in [1.54, 1.807) is 0 Å². The maximum Gasteiger partial charge on any atom is 0.146 e. The lowest BCUT2D eigenvalue weighted by Gasteiger charge is -2.29. The highest BCUT2D eigenvalue weighted by molar-refractivity contribution is 9.09. The third-order valence-corrected chi connectivity index (χ3v) is 3.85. The number of carbonyl (C=O) groups excluding carboxylic acids is 1. The number of ketones is 1. The van der Waals surface area contributed by atoms with Crippen LogP contribution in [0, 0.1) is 17.8 Å². The Morgan fingerprint density at radius 1 is 1.31 bits per heavy atom. The highest BCUT2D eigenvalue weighted by Crippen LogP contribution is 2.33. The van der Waals surface area contributed by atoms with Gasteiger partial charge in [0.15, 0.2) is 0 Å². The zero-order valence-corrected chi connectivity index (χ0v) is 10.1. The molecule has 0 amide bonds. The molecular formula is C11H19BrO. The third kappa shape index (κ3) is 3.08. The second-order valence-corrected chi connectivity index (χ2v) is 5.02. The van der Waals surface area contributed by atoms with E-state index in [-0.39, 0.29) is 0 Å². The largest absolute Gasteiger partial charge is 0.298 e. The van der Waals surface area contributed by atoms with Crippen molar-refractivity contribution in [1.29, 1.82) is 0 Å². The summed E-state index contributed by atoms with van der Waals surface area (Å²) in [6.07, 6.45) is 4.74. The van der Waals surface area contributed by atoms with Crippen molar-refractivity contribution in [3.63, 3.8) is 0 Å². The van der Waals surface area contributed by atoms with Gasteiger partial charge in [0, 0.05) is 5.92 Å². The van der Waals surface area contributed by atoms with Crippen molar-refractivity contribution in [2.45, 2.75) is 39.5 Å². The lowest BCUT2D eigenvalue weighted by molar-refractivity contribution is -0.121. The fourth-order valence-electron chi connectivity index (χ4n) is 2.22. The Bertz CT molecular complexity index is 169. The van der Waals surface area contributed by atoms with E-state index in [1.165, 1.54) is 12.8 Å². The first-order valence-electron chi connectivity index (χ1n) is 5.23. The molecule has 0 spiro atoms. The van der Waals surface area contributed by atoms with Crippen LogP contribution in [-0.4, -0.2) is 11.1 Å². The molecule has 13 heavy (non-hydrogen) atoms. The first-order chi connectivity index (χ1) is 6.15. The van der Waals surface area contributed by atoms with Crippen molar-refractivity contribution in [3.8, 4) is 0 Å². The lowest BCUT2D eigenvalue weighted by Crippen LogP contribution is -2.24. The molecule has 0 unspecified atom stereocenters. The second-order valence-electron chi connectivity index (χ2n) is 4.46. The summed E-state index contributed by atoms with van der Waals surface area (Å²) in [4.78, 5) is 11.4. The molecule has 76 valence electrons. The zero-order valence-electron chi connectivity index (χ0n) is 8.55. The Morgan fingerprint density at radius 2 is 1.85 bits per heavy atom. The average molecular weight is 247 g/mol. The van der Waals surface area contributed by atoms with Crippen LogP contribution in [-0.2, 0) is 4.79 Å². The summed E-state index contributed by atoms with van der Waals surface area (Å²) in [6, 6.07) is 0. The van der Waals surface area contributed by atoms with Gasteiger partial charge in [0.25, 0.3) is 0 Å². The van der Waals surface area contributed by atoms with Crippen molar-refractivity contribution in [2.75, 3.05) is 5.33 Å². The number of Topliss-reactive ketones (excluding diaryl/α,β-unsaturated/α-hetero) is 1. The topological polar surface area (TPSA) is 17.1 Å². The van der Waals surface area contributed by atoms with Crippen molar-refractivity contribution < 1.29 is 4.79 Å². The van der Waals surface area contributed by atoms with Gasteiger partial charge in [0.2, 0.25) is 0 Å². The fraction of sp³-hybridized carbons (Fsp3) is 0.909. The molecule has 0 atom stereocenters. The Labute approximate surface area is 89.4 Å². The summed E-state index contributed by atoms with van der Waals surface area (Å²) in [5, 5.41) is 0.546. The van der Waals surface area contributed by atoms with E-state index in [9.17, 15) is 4.79 Å². The summed E-state index contributed by atoms with van der Waals surface area (Å²) >= 11 is 3.24. The monoisotopic (exact) mass is 246 g/mol. The number of halogens is 1. The van der Waals surface area contributed by atoms with Gasteiger partial charge in [-0.15, -0.1) is 0 Å². The normalized spacial score (nSPS) is 29.2. The number of alkyl halides is 1. The molecule has 1 aliphatic rings. The Morgan fingerprint density at radius 3 is 2.23 bits per heavy atom. The highest BCUT2D eigenvalue weighted by atomic mass is 79.9. The van der Waals surface area contributed by atoms with Gasteiger partial charge in [-0.2, -0.15) is 0 Å². The van der Waals surface area contributed by atoms with Gasteiger partial charge in [-0.3, -0.25) is 4.79 Å². The minimum absolute atomic E-state index is 0.356. The minimum atomic E-state index is 0.356. The van der Waals surface area contributed by atoms with Crippen LogP contribution in [0.25, 0.3) is 0 Å². The van der Waals surface area contributed by atoms with Crippen LogP contribution in [0.3, 0.4) is 0 Å². The molecule has 1 saturated carbocycles. The average Bonchev–Trinajstić information content (AvgIpc) is 2.17. The van der Waals surface area contributed by atoms with Crippen LogP contribution < -0.4 is 0 Å². The minimum Gasteiger partial charge on any atom is -0.298 e. The van der Waals surface area contributed by atoms with Gasteiger partial charge in [-0.25, -0.2) is 0 Å². The summed E-state index contributed by atoms with van der Waals surface area (Å²) in [5.41, 5.74) is 0. The molecule has 0 aromatic carbocycles. The van der Waals surface area contributed by atoms with Gasteiger partial charge < -0.3 is 0 Å². The van der Waals surface area contributed by atoms with Crippen LogP contribution in [0.5, 0.6) is 0 Å². The Balaban J connectivity index is 2.34. The summed E-state index contributed by atoms with van der Waals surface area (Å²) in [6.45, 7) is 4.58. The van der Waals surface area contributed by atoms with Crippen molar-refractivity contribution in [3.05, 3.63) is 0 Å². The van der Waals surface area contributed by atoms with Crippen LogP contribution in [0.4, 0.5) is 0 Å². The van der Waals surface area contributed by atoms with Gasteiger partial charge in [-0.05, 0) is 37.5 Å². The predicted octanol–water partition coefficient (Wildman–Crippen LogP) is 3.41. The molecule has 1 nitrogen and oxygen atoms in total. The van der Waals surface area contributed by atoms with Gasteiger partial charge in [0.1, 0.15) is 5.78 Å². The molecule has 0 heterocycles. The standard InChI is InChI=1S/C11H19BrO/c1-8(2)9-3-5-10(6-4-9)11(13)7-12/h8-10H,3-7H2,1-2H3/t9-,10-. The van der Waals surface area contributed by atoms with Crippen molar-refractivity contribution in [1.82, 2.24) is 0 Å². The van der Waals surface area contributed by atoms with Gasteiger partial charge in [-0.1, -0.05) is 29.8 Å². The number of rotatable bonds is 3. The van der Waals surface area contributed by atoms with Crippen molar-refractivity contribution >= 4 is 21.7 Å².